The summed E-state index contributed by atoms with van der Waals surface area (Å²) in [6.07, 6.45) is 7.21. The number of hydrogen-bond acceptors (Lipinski definition) is 10. The largest absolute Gasteiger partial charge is 0.490 e. The Morgan fingerprint density at radius 1 is 1.16 bits per heavy atom. The molecule has 0 bridgehead atoms. The Labute approximate surface area is 252 Å². The van der Waals surface area contributed by atoms with Gasteiger partial charge in [0.25, 0.3) is 0 Å². The predicted molar refractivity (Wildman–Crippen MR) is 160 cm³/mol. The van der Waals surface area contributed by atoms with Crippen molar-refractivity contribution in [2.45, 2.75) is 70.3 Å². The molecule has 13 nitrogen and oxygen atoms in total. The van der Waals surface area contributed by atoms with Crippen molar-refractivity contribution in [2.75, 3.05) is 64.4 Å². The van der Waals surface area contributed by atoms with E-state index in [1.54, 1.807) is 27.9 Å². The number of aliphatic hydroxyl groups is 1. The van der Waals surface area contributed by atoms with Crippen molar-refractivity contribution in [2.24, 2.45) is 0 Å². The normalized spacial score (nSPS) is 21.5. The van der Waals surface area contributed by atoms with E-state index >= 15 is 0 Å². The van der Waals surface area contributed by atoms with Crippen molar-refractivity contribution in [3.63, 3.8) is 0 Å². The fourth-order valence-corrected chi connectivity index (χ4v) is 6.08. The number of rotatable bonds is 7. The molecule has 3 saturated heterocycles. The summed E-state index contributed by atoms with van der Waals surface area (Å²) in [4.78, 5) is 30.0. The summed E-state index contributed by atoms with van der Waals surface area (Å²) in [5, 5.41) is 28.0. The van der Waals surface area contributed by atoms with Crippen molar-refractivity contribution in [3.05, 3.63) is 34.6 Å². The molecule has 0 spiro atoms. The number of piperazine rings is 1. The molecular weight excluding hydrogens is 556 g/mol. The van der Waals surface area contributed by atoms with E-state index in [1.807, 2.05) is 27.0 Å². The van der Waals surface area contributed by atoms with Crippen molar-refractivity contribution in [3.8, 4) is 16.9 Å². The van der Waals surface area contributed by atoms with Crippen LogP contribution in [-0.2, 0) is 9.47 Å². The number of anilines is 1. The van der Waals surface area contributed by atoms with Gasteiger partial charge in [-0.05, 0) is 52.9 Å². The molecule has 5 rings (SSSR count). The summed E-state index contributed by atoms with van der Waals surface area (Å²) in [6.45, 7) is 10.4. The van der Waals surface area contributed by atoms with Crippen molar-refractivity contribution in [1.82, 2.24) is 19.6 Å². The third-order valence-corrected chi connectivity index (χ3v) is 8.43. The maximum absolute atomic E-state index is 12.4. The maximum atomic E-state index is 12.4. The molecule has 0 radical (unpaired) electrons. The van der Waals surface area contributed by atoms with Gasteiger partial charge in [-0.25, -0.2) is 9.48 Å². The highest BCUT2D eigenvalue weighted by Gasteiger charge is 2.37. The maximum Gasteiger partial charge on any atom is 0.410 e. The van der Waals surface area contributed by atoms with Crippen molar-refractivity contribution in [1.29, 1.82) is 0 Å². The highest BCUT2D eigenvalue weighted by atomic mass is 16.6. The highest BCUT2D eigenvalue weighted by molar-refractivity contribution is 5.82. The first kappa shape index (κ1) is 31.0. The van der Waals surface area contributed by atoms with Crippen LogP contribution in [0.25, 0.3) is 11.1 Å². The van der Waals surface area contributed by atoms with Crippen LogP contribution in [-0.4, -0.2) is 106 Å². The second kappa shape index (κ2) is 12.7. The molecule has 1 aromatic carbocycles. The Balaban J connectivity index is 1.28. The van der Waals surface area contributed by atoms with Gasteiger partial charge < -0.3 is 29.1 Å². The third-order valence-electron chi connectivity index (χ3n) is 8.43. The molecule has 3 aliphatic heterocycles. The first-order valence-corrected chi connectivity index (χ1v) is 15.1. The standard InChI is InChI=1S/C30H44N6O7/c1-29(2,3)43-28(37)34-14-12-32(13-15-34)21-30(38)8-10-33(11-9-30)24-18-26(41-4)25(36(39)40)17-23(24)22-19-31-35(20-22)27-7-5-6-16-42-27/h17-20,27,38H,5-16,21H2,1-4H3. The molecule has 3 aliphatic rings. The van der Waals surface area contributed by atoms with Crippen molar-refractivity contribution >= 4 is 17.5 Å². The molecule has 236 valence electrons. The van der Waals surface area contributed by atoms with E-state index < -0.39 is 16.1 Å². The Morgan fingerprint density at radius 3 is 2.49 bits per heavy atom. The second-order valence-corrected chi connectivity index (χ2v) is 12.8. The van der Waals surface area contributed by atoms with E-state index in [9.17, 15) is 20.0 Å². The van der Waals surface area contributed by atoms with Crippen LogP contribution in [0.3, 0.4) is 0 Å². The van der Waals surface area contributed by atoms with Crippen LogP contribution in [0.2, 0.25) is 0 Å². The lowest BCUT2D eigenvalue weighted by Crippen LogP contribution is -2.56. The van der Waals surface area contributed by atoms with Gasteiger partial charge in [0.05, 0.1) is 23.8 Å². The molecule has 1 unspecified atom stereocenters. The minimum Gasteiger partial charge on any atom is -0.490 e. The van der Waals surface area contributed by atoms with Crippen LogP contribution in [0.4, 0.5) is 16.2 Å². The highest BCUT2D eigenvalue weighted by Crippen LogP contribution is 2.42. The molecule has 1 aromatic heterocycles. The average Bonchev–Trinajstić information content (AvgIpc) is 3.47. The van der Waals surface area contributed by atoms with Gasteiger partial charge in [-0.1, -0.05) is 0 Å². The number of nitro groups is 1. The lowest BCUT2D eigenvalue weighted by Gasteiger charge is -2.44. The SMILES string of the molecule is COc1cc(N2CCC(O)(CN3CCN(C(=O)OC(C)(C)C)CC3)CC2)c(-c2cnn(C3CCCCO3)c2)cc1[N+](=O)[O-]. The number of nitrogens with zero attached hydrogens (tertiary/aromatic N) is 6. The molecule has 13 heteroatoms. The zero-order chi connectivity index (χ0) is 30.8. The van der Waals surface area contributed by atoms with Crippen LogP contribution in [0.5, 0.6) is 5.75 Å². The van der Waals surface area contributed by atoms with Crippen molar-refractivity contribution < 1.29 is 29.0 Å². The smallest absolute Gasteiger partial charge is 0.410 e. The van der Waals surface area contributed by atoms with Gasteiger partial charge in [-0.3, -0.25) is 15.0 Å². The van der Waals surface area contributed by atoms with Crippen LogP contribution in [0, 0.1) is 10.1 Å². The van der Waals surface area contributed by atoms with E-state index in [0.717, 1.165) is 30.5 Å². The number of aromatic nitrogens is 2. The molecule has 3 fully saturated rings. The summed E-state index contributed by atoms with van der Waals surface area (Å²) in [5.41, 5.74) is 0.743. The molecule has 2 aromatic rings. The molecule has 1 amide bonds. The monoisotopic (exact) mass is 600 g/mol. The zero-order valence-electron chi connectivity index (χ0n) is 25.7. The van der Waals surface area contributed by atoms with E-state index in [-0.39, 0.29) is 23.8 Å². The first-order valence-electron chi connectivity index (χ1n) is 15.1. The summed E-state index contributed by atoms with van der Waals surface area (Å²) in [6, 6.07) is 3.28. The van der Waals surface area contributed by atoms with Crippen LogP contribution in [0.1, 0.15) is 59.1 Å². The summed E-state index contributed by atoms with van der Waals surface area (Å²) in [7, 11) is 1.43. The summed E-state index contributed by atoms with van der Waals surface area (Å²) in [5.74, 6) is 0.190. The van der Waals surface area contributed by atoms with Gasteiger partial charge in [0.2, 0.25) is 0 Å². The number of amides is 1. The van der Waals surface area contributed by atoms with Crippen LogP contribution < -0.4 is 9.64 Å². The Bertz CT molecular complexity index is 1290. The lowest BCUT2D eigenvalue weighted by atomic mass is 9.89. The first-order chi connectivity index (χ1) is 20.4. The van der Waals surface area contributed by atoms with E-state index in [4.69, 9.17) is 14.2 Å². The van der Waals surface area contributed by atoms with Crippen LogP contribution in [0.15, 0.2) is 24.5 Å². The minimum atomic E-state index is -0.876. The Morgan fingerprint density at radius 2 is 1.88 bits per heavy atom. The Kier molecular flexibility index (Phi) is 9.14. The number of ether oxygens (including phenoxy) is 3. The second-order valence-electron chi connectivity index (χ2n) is 12.8. The number of carbonyl (C=O) groups is 1. The van der Waals surface area contributed by atoms with Gasteiger partial charge in [-0.2, -0.15) is 5.10 Å². The number of piperidine rings is 1. The van der Waals surface area contributed by atoms with Gasteiger partial charge in [0, 0.05) is 87.6 Å². The fraction of sp³-hybridized carbons (Fsp3) is 0.667. The van der Waals surface area contributed by atoms with Gasteiger partial charge in [0.15, 0.2) is 5.75 Å². The molecular formula is C30H44N6O7. The Hall–Kier alpha value is -3.42. The summed E-state index contributed by atoms with van der Waals surface area (Å²) < 4.78 is 18.6. The quantitative estimate of drug-likeness (QED) is 0.366. The molecule has 1 atom stereocenters. The fourth-order valence-electron chi connectivity index (χ4n) is 6.08. The molecule has 43 heavy (non-hydrogen) atoms. The van der Waals surface area contributed by atoms with E-state index in [1.165, 1.54) is 7.11 Å². The average molecular weight is 601 g/mol. The third kappa shape index (κ3) is 7.39. The number of hydrogen-bond donors (Lipinski definition) is 1. The lowest BCUT2D eigenvalue weighted by molar-refractivity contribution is -0.385. The number of β-amino-alcohol motifs (C(OH)–C–C–N with tert-alkyl or cyclic N) is 1. The number of methoxy groups -OCH3 is 1. The zero-order valence-corrected chi connectivity index (χ0v) is 25.7. The summed E-state index contributed by atoms with van der Waals surface area (Å²) >= 11 is 0. The number of nitro benzene ring substituents is 1. The van der Waals surface area contributed by atoms with Gasteiger partial charge in [0.1, 0.15) is 11.8 Å². The van der Waals surface area contributed by atoms with E-state index in [0.29, 0.717) is 70.8 Å². The van der Waals surface area contributed by atoms with Gasteiger partial charge in [-0.15, -0.1) is 0 Å². The number of benzene rings is 1. The topological polar surface area (TPSA) is 136 Å². The molecule has 4 heterocycles. The van der Waals surface area contributed by atoms with E-state index in [2.05, 4.69) is 14.9 Å². The van der Waals surface area contributed by atoms with Gasteiger partial charge >= 0.3 is 11.8 Å². The molecule has 1 N–H and O–H groups in total. The predicted octanol–water partition coefficient (Wildman–Crippen LogP) is 4.05. The molecule has 0 saturated carbocycles. The number of carbonyl (C=O) groups excluding carboxylic acids is 1. The van der Waals surface area contributed by atoms with Crippen LogP contribution >= 0.6 is 0 Å². The molecule has 0 aliphatic carbocycles. The minimum absolute atomic E-state index is 0.109.